The van der Waals surface area contributed by atoms with Gasteiger partial charge in [-0.05, 0) is 0 Å². The van der Waals surface area contributed by atoms with Gasteiger partial charge in [-0.3, -0.25) is 0 Å². The van der Waals surface area contributed by atoms with Crippen LogP contribution < -0.4 is 0 Å². The molecule has 0 saturated heterocycles. The van der Waals surface area contributed by atoms with Crippen molar-refractivity contribution < 1.29 is 13.2 Å². The Morgan fingerprint density at radius 1 is 0.941 bits per heavy atom. The van der Waals surface area contributed by atoms with Crippen LogP contribution in [0.15, 0.2) is 11.1 Å². The zero-order valence-electron chi connectivity index (χ0n) is 7.23. The molecule has 0 fully saturated rings. The Bertz CT molecular complexity index is 316. The fourth-order valence-electron chi connectivity index (χ4n) is 0.630. The van der Waals surface area contributed by atoms with Gasteiger partial charge in [0.2, 0.25) is 0 Å². The molecule has 1 atom stereocenters. The van der Waals surface area contributed by atoms with E-state index in [9.17, 15) is 13.2 Å². The molecular weight excluding hydrogens is 413 g/mol. The van der Waals surface area contributed by atoms with E-state index in [1.54, 1.807) is 0 Å². The SMILES string of the molecule is FC(F)=C(Cl)C(Cl)(Cl)C(Cl)(Cl)C(Cl)C(F)(Cl)Cl. The predicted molar refractivity (Wildman–Crippen MR) is 69.2 cm³/mol. The average molecular weight is 414 g/mol. The third-order valence-electron chi connectivity index (χ3n) is 1.47. The highest BCUT2D eigenvalue weighted by atomic mass is 35.5. The number of hydrogen-bond donors (Lipinski definition) is 0. The lowest BCUT2D eigenvalue weighted by Crippen LogP contribution is -2.50. The normalized spacial score (nSPS) is 15.7. The molecule has 0 bridgehead atoms. The Hall–Kier alpha value is 1.85. The first-order valence-electron chi connectivity index (χ1n) is 3.44. The minimum atomic E-state index is -3.18. The van der Waals surface area contributed by atoms with Crippen molar-refractivity contribution >= 4 is 92.8 Å². The molecule has 0 amide bonds. The van der Waals surface area contributed by atoms with Gasteiger partial charge in [0, 0.05) is 0 Å². The summed E-state index contributed by atoms with van der Waals surface area (Å²) in [6, 6.07) is 0. The Morgan fingerprint density at radius 2 is 1.29 bits per heavy atom. The smallest absolute Gasteiger partial charge is 0.206 e. The molecule has 0 aromatic rings. The predicted octanol–water partition coefficient (Wildman–Crippen LogP) is 6.39. The summed E-state index contributed by atoms with van der Waals surface area (Å²) < 4.78 is 29.0. The van der Waals surface area contributed by atoms with E-state index in [-0.39, 0.29) is 0 Å². The van der Waals surface area contributed by atoms with Crippen molar-refractivity contribution in [3.8, 4) is 0 Å². The molecular formula is C6HCl8F3. The van der Waals surface area contributed by atoms with Gasteiger partial charge in [0.1, 0.15) is 10.4 Å². The van der Waals surface area contributed by atoms with Crippen LogP contribution in [0.2, 0.25) is 0 Å². The van der Waals surface area contributed by atoms with Gasteiger partial charge in [0.05, 0.1) is 0 Å². The zero-order valence-corrected chi connectivity index (χ0v) is 13.3. The number of allylic oxidation sites excluding steroid dienone is 1. The summed E-state index contributed by atoms with van der Waals surface area (Å²) >= 11 is 42.4. The minimum absolute atomic E-state index is 1.42. The quantitative estimate of drug-likeness (QED) is 0.468. The Morgan fingerprint density at radius 3 is 1.53 bits per heavy atom. The largest absolute Gasteiger partial charge is 0.287 e. The van der Waals surface area contributed by atoms with Gasteiger partial charge < -0.3 is 0 Å². The molecule has 0 aromatic carbocycles. The maximum absolute atomic E-state index is 13.1. The molecule has 17 heavy (non-hydrogen) atoms. The summed E-state index contributed by atoms with van der Waals surface area (Å²) in [5, 5.41) is -3.57. The molecule has 0 aliphatic heterocycles. The lowest BCUT2D eigenvalue weighted by molar-refractivity contribution is 0.355. The van der Waals surface area contributed by atoms with Gasteiger partial charge >= 0.3 is 0 Å². The van der Waals surface area contributed by atoms with E-state index >= 15 is 0 Å². The van der Waals surface area contributed by atoms with Crippen molar-refractivity contribution in [1.29, 1.82) is 0 Å². The van der Waals surface area contributed by atoms with Crippen LogP contribution in [-0.2, 0) is 0 Å². The van der Waals surface area contributed by atoms with Gasteiger partial charge in [-0.15, -0.1) is 11.6 Å². The average Bonchev–Trinajstić information content (AvgIpc) is 2.13. The summed E-state index contributed by atoms with van der Waals surface area (Å²) in [6.07, 6.45) is -2.47. The molecule has 0 aliphatic rings. The first-order chi connectivity index (χ1) is 7.26. The highest BCUT2D eigenvalue weighted by molar-refractivity contribution is 6.69. The van der Waals surface area contributed by atoms with E-state index < -0.39 is 29.7 Å². The van der Waals surface area contributed by atoms with E-state index in [1.807, 2.05) is 0 Å². The standard InChI is InChI=1S/C6HCl8F3/c7-1(2(15)16)4(9,10)5(11,12)3(8)6(13,14)17/h3H. The lowest BCUT2D eigenvalue weighted by atomic mass is 10.2. The summed E-state index contributed by atoms with van der Waals surface area (Å²) in [4.78, 5) is 0. The zero-order chi connectivity index (χ0) is 14.2. The molecule has 0 spiro atoms. The maximum Gasteiger partial charge on any atom is 0.287 e. The molecule has 0 nitrogen and oxygen atoms in total. The van der Waals surface area contributed by atoms with Crippen LogP contribution in [0.5, 0.6) is 0 Å². The maximum atomic E-state index is 13.1. The third-order valence-corrected chi connectivity index (χ3v) is 5.96. The van der Waals surface area contributed by atoms with Gasteiger partial charge in [-0.25, -0.2) is 4.39 Å². The second-order valence-corrected chi connectivity index (χ2v) is 7.50. The van der Waals surface area contributed by atoms with Gasteiger partial charge in [-0.1, -0.05) is 81.2 Å². The molecule has 0 aliphatic carbocycles. The molecule has 0 N–H and O–H groups in total. The fraction of sp³-hybridized carbons (Fsp3) is 0.667. The van der Waals surface area contributed by atoms with E-state index in [0.29, 0.717) is 0 Å². The second-order valence-electron chi connectivity index (χ2n) is 2.68. The van der Waals surface area contributed by atoms with Crippen LogP contribution in [0.1, 0.15) is 0 Å². The van der Waals surface area contributed by atoms with Crippen molar-refractivity contribution in [3.05, 3.63) is 11.1 Å². The molecule has 1 unspecified atom stereocenters. The molecule has 0 radical (unpaired) electrons. The Labute approximate surface area is 135 Å². The molecule has 11 heteroatoms. The Kier molecular flexibility index (Phi) is 6.75. The summed E-state index contributed by atoms with van der Waals surface area (Å²) in [5.74, 6) is 0. The van der Waals surface area contributed by atoms with Gasteiger partial charge in [0.15, 0.2) is 8.67 Å². The summed E-state index contributed by atoms with van der Waals surface area (Å²) in [5.41, 5.74) is 0. The highest BCUT2D eigenvalue weighted by Gasteiger charge is 2.61. The van der Waals surface area contributed by atoms with Crippen LogP contribution in [0.3, 0.4) is 0 Å². The third kappa shape index (κ3) is 4.16. The van der Waals surface area contributed by atoms with E-state index in [2.05, 4.69) is 0 Å². The highest BCUT2D eigenvalue weighted by Crippen LogP contribution is 2.56. The number of halogens is 11. The van der Waals surface area contributed by atoms with Crippen LogP contribution in [0.25, 0.3) is 0 Å². The van der Waals surface area contributed by atoms with Crippen molar-refractivity contribution in [3.63, 3.8) is 0 Å². The lowest BCUT2D eigenvalue weighted by Gasteiger charge is -2.37. The van der Waals surface area contributed by atoms with Crippen molar-refractivity contribution in [1.82, 2.24) is 0 Å². The first kappa shape index (κ1) is 18.9. The number of hydrogen-bond acceptors (Lipinski definition) is 0. The first-order valence-corrected chi connectivity index (χ1v) is 6.52. The Balaban J connectivity index is 5.54. The van der Waals surface area contributed by atoms with Crippen molar-refractivity contribution in [2.24, 2.45) is 0 Å². The topological polar surface area (TPSA) is 0 Å². The fourth-order valence-corrected chi connectivity index (χ4v) is 2.55. The van der Waals surface area contributed by atoms with E-state index in [0.717, 1.165) is 0 Å². The van der Waals surface area contributed by atoms with Crippen LogP contribution in [0, 0.1) is 0 Å². The van der Waals surface area contributed by atoms with E-state index in [4.69, 9.17) is 92.8 Å². The van der Waals surface area contributed by atoms with Crippen LogP contribution in [-0.4, -0.2) is 18.6 Å². The number of rotatable bonds is 4. The molecule has 102 valence electrons. The summed E-state index contributed by atoms with van der Waals surface area (Å²) in [6.45, 7) is 0. The molecule has 0 heterocycles. The van der Waals surface area contributed by atoms with Crippen LogP contribution >= 0.6 is 92.8 Å². The van der Waals surface area contributed by atoms with Gasteiger partial charge in [0.25, 0.3) is 10.7 Å². The second kappa shape index (κ2) is 6.09. The molecule has 0 aromatic heterocycles. The molecule has 0 saturated carbocycles. The van der Waals surface area contributed by atoms with Crippen LogP contribution in [0.4, 0.5) is 13.2 Å². The van der Waals surface area contributed by atoms with Gasteiger partial charge in [-0.2, -0.15) is 8.78 Å². The van der Waals surface area contributed by atoms with Crippen molar-refractivity contribution in [2.75, 3.05) is 0 Å². The van der Waals surface area contributed by atoms with E-state index in [1.165, 1.54) is 0 Å². The number of alkyl halides is 8. The van der Waals surface area contributed by atoms with Crippen molar-refractivity contribution in [2.45, 2.75) is 18.6 Å². The summed E-state index contributed by atoms with van der Waals surface area (Å²) in [7, 11) is 0. The monoisotopic (exact) mass is 410 g/mol. The molecule has 0 rings (SSSR count). The minimum Gasteiger partial charge on any atom is -0.206 e.